The predicted molar refractivity (Wildman–Crippen MR) is 127 cm³/mol. The Morgan fingerprint density at radius 1 is 0.914 bits per heavy atom. The number of nitrogens with one attached hydrogen (secondary N) is 1. The van der Waals surface area contributed by atoms with Gasteiger partial charge in [-0.1, -0.05) is 6.07 Å². The summed E-state index contributed by atoms with van der Waals surface area (Å²) in [6.07, 6.45) is -0.112. The predicted octanol–water partition coefficient (Wildman–Crippen LogP) is 5.79. The molecule has 0 saturated carbocycles. The summed E-state index contributed by atoms with van der Waals surface area (Å²) >= 11 is 0. The average molecular weight is 475 g/mol. The molecule has 0 aliphatic carbocycles. The van der Waals surface area contributed by atoms with Crippen LogP contribution in [-0.4, -0.2) is 24.7 Å². The highest BCUT2D eigenvalue weighted by Crippen LogP contribution is 2.31. The number of fused-ring (bicyclic) bond motifs is 1. The van der Waals surface area contributed by atoms with Crippen molar-refractivity contribution in [2.45, 2.75) is 26.1 Å². The van der Waals surface area contributed by atoms with Gasteiger partial charge >= 0.3 is 6.18 Å². The summed E-state index contributed by atoms with van der Waals surface area (Å²) in [5, 5.41) is 8.39. The van der Waals surface area contributed by atoms with E-state index in [0.717, 1.165) is 45.7 Å². The molecule has 4 aromatic heterocycles. The van der Waals surface area contributed by atoms with E-state index in [2.05, 4.69) is 20.2 Å². The highest BCUT2D eigenvalue weighted by molar-refractivity contribution is 5.95. The zero-order valence-electron chi connectivity index (χ0n) is 18.8. The molecule has 1 N–H and O–H groups in total. The first-order valence-electron chi connectivity index (χ1n) is 10.9. The minimum absolute atomic E-state index is 0.322. The molecule has 1 aromatic carbocycles. The van der Waals surface area contributed by atoms with Gasteiger partial charge in [-0.25, -0.2) is 0 Å². The molecule has 5 aromatic rings. The smallest absolute Gasteiger partial charge is 0.308 e. The Kier molecular flexibility index (Phi) is 5.47. The van der Waals surface area contributed by atoms with Gasteiger partial charge in [0.1, 0.15) is 11.4 Å². The maximum absolute atomic E-state index is 13.1. The Hall–Kier alpha value is -4.27. The van der Waals surface area contributed by atoms with Crippen molar-refractivity contribution in [1.29, 1.82) is 0 Å². The molecule has 1 atom stereocenters. The molecule has 0 aliphatic rings. The van der Waals surface area contributed by atoms with Crippen molar-refractivity contribution in [2.24, 2.45) is 0 Å². The lowest BCUT2D eigenvalue weighted by Crippen LogP contribution is -2.23. The average Bonchev–Trinajstić information content (AvgIpc) is 3.26. The lowest BCUT2D eigenvalue weighted by molar-refractivity contribution is -0.141. The highest BCUT2D eigenvalue weighted by Gasteiger charge is 2.32. The number of H-pyrrole nitrogens is 1. The number of aromatic amines is 1. The van der Waals surface area contributed by atoms with Crippen LogP contribution in [0.2, 0.25) is 0 Å². The van der Waals surface area contributed by atoms with Gasteiger partial charge in [-0.05, 0) is 73.0 Å². The number of hydrogen-bond donors (Lipinski definition) is 1. The van der Waals surface area contributed by atoms with Crippen molar-refractivity contribution in [3.63, 3.8) is 0 Å². The first kappa shape index (κ1) is 22.5. The molecule has 0 unspecified atom stereocenters. The van der Waals surface area contributed by atoms with Gasteiger partial charge in [-0.3, -0.25) is 19.9 Å². The molecule has 0 saturated heterocycles. The van der Waals surface area contributed by atoms with Crippen molar-refractivity contribution in [2.75, 3.05) is 0 Å². The van der Waals surface area contributed by atoms with E-state index >= 15 is 0 Å². The number of benzene rings is 1. The van der Waals surface area contributed by atoms with Crippen molar-refractivity contribution in [1.82, 2.24) is 24.7 Å². The number of pyridine rings is 3. The number of hydrogen-bond acceptors (Lipinski definition) is 4. The monoisotopic (exact) mass is 475 g/mol. The fraction of sp³-hybridized carbons (Fsp3) is 0.154. The van der Waals surface area contributed by atoms with Crippen LogP contribution < -0.4 is 5.56 Å². The molecule has 0 fully saturated rings. The van der Waals surface area contributed by atoms with E-state index in [1.54, 1.807) is 25.4 Å². The molecule has 176 valence electrons. The molecule has 9 heteroatoms. The minimum atomic E-state index is -4.55. The molecule has 0 radical (unpaired) electrons. The molecular weight excluding hydrogens is 455 g/mol. The zero-order chi connectivity index (χ0) is 24.7. The Morgan fingerprint density at radius 2 is 1.69 bits per heavy atom. The van der Waals surface area contributed by atoms with Gasteiger partial charge in [-0.15, -0.1) is 0 Å². The van der Waals surface area contributed by atoms with Crippen LogP contribution in [0.15, 0.2) is 78.0 Å². The first-order valence-corrected chi connectivity index (χ1v) is 10.9. The summed E-state index contributed by atoms with van der Waals surface area (Å²) in [6.45, 7) is 3.59. The van der Waals surface area contributed by atoms with Crippen LogP contribution in [0, 0.1) is 6.92 Å². The second-order valence-corrected chi connectivity index (χ2v) is 8.33. The standard InChI is InChI=1S/C26H20F3N5O/c1-15-11-20(6-8-30-15)25-21-12-18(3-4-22(21)32-33-25)19-7-10-34(24(35)14-19)16(2)17-5-9-31-23(13-17)26(27,28)29/h3-14,16H,1-2H3,(H,32,33)/t16-/m1/s1. The molecule has 0 amide bonds. The van der Waals surface area contributed by atoms with Crippen LogP contribution >= 0.6 is 0 Å². The highest BCUT2D eigenvalue weighted by atomic mass is 19.4. The largest absolute Gasteiger partial charge is 0.433 e. The Labute approximate surface area is 198 Å². The molecule has 35 heavy (non-hydrogen) atoms. The summed E-state index contributed by atoms with van der Waals surface area (Å²) in [6, 6.07) is 14.7. The summed E-state index contributed by atoms with van der Waals surface area (Å²) in [5.41, 5.74) is 4.02. The fourth-order valence-electron chi connectivity index (χ4n) is 4.12. The van der Waals surface area contributed by atoms with Gasteiger partial charge in [0.05, 0.1) is 11.6 Å². The summed E-state index contributed by atoms with van der Waals surface area (Å²) < 4.78 is 40.6. The molecule has 0 bridgehead atoms. The van der Waals surface area contributed by atoms with Crippen molar-refractivity contribution in [3.05, 3.63) is 100 Å². The number of alkyl halides is 3. The lowest BCUT2D eigenvalue weighted by atomic mass is 10.0. The lowest BCUT2D eigenvalue weighted by Gasteiger charge is -2.17. The second kappa shape index (κ2) is 8.50. The molecule has 5 rings (SSSR count). The van der Waals surface area contributed by atoms with Gasteiger partial charge in [0.25, 0.3) is 5.56 Å². The van der Waals surface area contributed by atoms with Gasteiger partial charge in [-0.2, -0.15) is 18.3 Å². The van der Waals surface area contributed by atoms with Gasteiger partial charge < -0.3 is 4.57 Å². The van der Waals surface area contributed by atoms with Crippen LogP contribution in [-0.2, 0) is 6.18 Å². The van der Waals surface area contributed by atoms with Crippen LogP contribution in [0.3, 0.4) is 0 Å². The minimum Gasteiger partial charge on any atom is -0.308 e. The van der Waals surface area contributed by atoms with E-state index < -0.39 is 17.9 Å². The van der Waals surface area contributed by atoms with Gasteiger partial charge in [0.15, 0.2) is 0 Å². The number of halogens is 3. The zero-order valence-corrected chi connectivity index (χ0v) is 18.8. The molecule has 0 spiro atoms. The fourth-order valence-corrected chi connectivity index (χ4v) is 4.12. The maximum atomic E-state index is 13.1. The third kappa shape index (κ3) is 4.32. The summed E-state index contributed by atoms with van der Waals surface area (Å²) in [4.78, 5) is 20.6. The Balaban J connectivity index is 1.50. The van der Waals surface area contributed by atoms with Gasteiger partial charge in [0.2, 0.25) is 0 Å². The first-order chi connectivity index (χ1) is 16.7. The topological polar surface area (TPSA) is 76.5 Å². The maximum Gasteiger partial charge on any atom is 0.433 e. The third-order valence-electron chi connectivity index (χ3n) is 5.99. The van der Waals surface area contributed by atoms with Crippen molar-refractivity contribution < 1.29 is 13.2 Å². The van der Waals surface area contributed by atoms with Gasteiger partial charge in [0, 0.05) is 41.3 Å². The summed E-state index contributed by atoms with van der Waals surface area (Å²) in [7, 11) is 0. The van der Waals surface area contributed by atoms with Crippen LogP contribution in [0.25, 0.3) is 33.3 Å². The number of aryl methyl sites for hydroxylation is 1. The second-order valence-electron chi connectivity index (χ2n) is 8.33. The normalized spacial score (nSPS) is 12.7. The van der Waals surface area contributed by atoms with Crippen LogP contribution in [0.5, 0.6) is 0 Å². The Morgan fingerprint density at radius 3 is 2.43 bits per heavy atom. The van der Waals surface area contributed by atoms with Crippen molar-refractivity contribution >= 4 is 10.9 Å². The SMILES string of the molecule is Cc1cc(-c2n[nH]c3ccc(-c4ccn([C@H](C)c5ccnc(C(F)(F)F)c5)c(=O)c4)cc23)ccn1. The van der Waals surface area contributed by atoms with E-state index in [4.69, 9.17) is 0 Å². The van der Waals surface area contributed by atoms with E-state index in [9.17, 15) is 18.0 Å². The number of nitrogens with zero attached hydrogens (tertiary/aromatic N) is 4. The van der Waals surface area contributed by atoms with Crippen LogP contribution in [0.1, 0.15) is 29.9 Å². The third-order valence-corrected chi connectivity index (χ3v) is 5.99. The van der Waals surface area contributed by atoms with E-state index in [-0.39, 0.29) is 5.56 Å². The van der Waals surface area contributed by atoms with Crippen LogP contribution in [0.4, 0.5) is 13.2 Å². The quantitative estimate of drug-likeness (QED) is 0.357. The summed E-state index contributed by atoms with van der Waals surface area (Å²) in [5.74, 6) is 0. The number of rotatable bonds is 4. The molecule has 4 heterocycles. The molecular formula is C26H20F3N5O. The molecule has 6 nitrogen and oxygen atoms in total. The van der Waals surface area contributed by atoms with E-state index in [1.165, 1.54) is 16.7 Å². The Bertz CT molecular complexity index is 1600. The van der Waals surface area contributed by atoms with E-state index in [1.807, 2.05) is 37.3 Å². The van der Waals surface area contributed by atoms with Crippen molar-refractivity contribution in [3.8, 4) is 22.4 Å². The van der Waals surface area contributed by atoms with E-state index in [0.29, 0.717) is 11.1 Å². The molecule has 0 aliphatic heterocycles. The number of aromatic nitrogens is 5.